The maximum atomic E-state index is 12.9. The third-order valence-corrected chi connectivity index (χ3v) is 5.24. The van der Waals surface area contributed by atoms with Crippen molar-refractivity contribution in [3.63, 3.8) is 0 Å². The van der Waals surface area contributed by atoms with Crippen LogP contribution in [0.5, 0.6) is 0 Å². The topological polar surface area (TPSA) is 79.5 Å². The number of fused-ring (bicyclic) bond motifs is 2. The number of carbonyl (C=O) groups excluding carboxylic acids is 1. The molecule has 1 amide bonds. The lowest BCUT2D eigenvalue weighted by atomic mass is 9.82. The third-order valence-electron chi connectivity index (χ3n) is 5.24. The van der Waals surface area contributed by atoms with E-state index in [2.05, 4.69) is 5.32 Å². The van der Waals surface area contributed by atoms with Crippen molar-refractivity contribution >= 4 is 17.6 Å². The van der Waals surface area contributed by atoms with Gasteiger partial charge in [-0.25, -0.2) is 0 Å². The Morgan fingerprint density at radius 3 is 2.48 bits per heavy atom. The van der Waals surface area contributed by atoms with Crippen LogP contribution in [0.3, 0.4) is 0 Å². The molecule has 0 unspecified atom stereocenters. The predicted molar refractivity (Wildman–Crippen MR) is 92.9 cm³/mol. The van der Waals surface area contributed by atoms with Crippen LogP contribution in [0.15, 0.2) is 53.0 Å². The number of carbonyl (C=O) groups is 2. The minimum Gasteiger partial charge on any atom is -0.481 e. The molecule has 128 valence electrons. The van der Waals surface area contributed by atoms with E-state index in [9.17, 15) is 14.7 Å². The number of allylic oxidation sites excluding steroid dienone is 2. The van der Waals surface area contributed by atoms with E-state index < -0.39 is 17.8 Å². The lowest BCUT2D eigenvalue weighted by molar-refractivity contribution is -0.146. The average molecular weight is 337 g/mol. The average Bonchev–Trinajstić information content (AvgIpc) is 3.30. The predicted octanol–water partition coefficient (Wildman–Crippen LogP) is 3.72. The highest BCUT2D eigenvalue weighted by atomic mass is 16.4. The number of benzene rings is 1. The summed E-state index contributed by atoms with van der Waals surface area (Å²) in [5, 5.41) is 12.5. The van der Waals surface area contributed by atoms with Crippen molar-refractivity contribution in [2.24, 2.45) is 23.7 Å². The molecule has 25 heavy (non-hydrogen) atoms. The summed E-state index contributed by atoms with van der Waals surface area (Å²) in [6.45, 7) is 1.86. The highest BCUT2D eigenvalue weighted by Crippen LogP contribution is 2.48. The van der Waals surface area contributed by atoms with Crippen molar-refractivity contribution in [3.8, 4) is 11.3 Å². The summed E-state index contributed by atoms with van der Waals surface area (Å²) in [6.07, 6.45) is 4.66. The van der Waals surface area contributed by atoms with Crippen molar-refractivity contribution in [1.29, 1.82) is 0 Å². The molecule has 0 aliphatic heterocycles. The molecular weight excluding hydrogens is 318 g/mol. The van der Waals surface area contributed by atoms with E-state index in [4.69, 9.17) is 4.42 Å². The largest absolute Gasteiger partial charge is 0.481 e. The van der Waals surface area contributed by atoms with Crippen LogP contribution in [0.4, 0.5) is 5.69 Å². The number of hydrogen-bond donors (Lipinski definition) is 2. The first kappa shape index (κ1) is 15.7. The molecule has 4 rings (SSSR count). The second kappa shape index (κ2) is 5.92. The van der Waals surface area contributed by atoms with E-state index in [1.807, 2.05) is 55.5 Å². The molecule has 5 heteroatoms. The Morgan fingerprint density at radius 2 is 1.80 bits per heavy atom. The van der Waals surface area contributed by atoms with Gasteiger partial charge in [-0.05, 0) is 49.4 Å². The molecule has 2 aliphatic rings. The van der Waals surface area contributed by atoms with Crippen LogP contribution in [-0.2, 0) is 9.59 Å². The zero-order chi connectivity index (χ0) is 17.6. The van der Waals surface area contributed by atoms with Crippen LogP contribution in [0.1, 0.15) is 12.2 Å². The number of amides is 1. The summed E-state index contributed by atoms with van der Waals surface area (Å²) in [7, 11) is 0. The van der Waals surface area contributed by atoms with Crippen LogP contribution in [0, 0.1) is 30.6 Å². The molecule has 2 N–H and O–H groups in total. The van der Waals surface area contributed by atoms with Gasteiger partial charge in [0.1, 0.15) is 11.5 Å². The van der Waals surface area contributed by atoms with E-state index in [1.54, 1.807) is 0 Å². The number of furan rings is 1. The summed E-state index contributed by atoms with van der Waals surface area (Å²) in [5.74, 6) is -0.875. The first-order valence-electron chi connectivity index (χ1n) is 8.42. The maximum Gasteiger partial charge on any atom is 0.307 e. The normalized spacial score (nSPS) is 26.8. The molecule has 0 saturated heterocycles. The molecule has 1 fully saturated rings. The quantitative estimate of drug-likeness (QED) is 0.834. The van der Waals surface area contributed by atoms with E-state index in [-0.39, 0.29) is 17.7 Å². The van der Waals surface area contributed by atoms with Gasteiger partial charge in [0.2, 0.25) is 5.91 Å². The third kappa shape index (κ3) is 2.65. The molecule has 1 aromatic heterocycles. The number of aliphatic carboxylic acids is 1. The van der Waals surface area contributed by atoms with Crippen molar-refractivity contribution in [2.75, 3.05) is 5.32 Å². The second-order valence-electron chi connectivity index (χ2n) is 6.78. The van der Waals surface area contributed by atoms with Crippen LogP contribution in [-0.4, -0.2) is 17.0 Å². The van der Waals surface area contributed by atoms with E-state index in [0.717, 1.165) is 17.7 Å². The first-order chi connectivity index (χ1) is 12.0. The van der Waals surface area contributed by atoms with Gasteiger partial charge in [0.15, 0.2) is 0 Å². The van der Waals surface area contributed by atoms with Gasteiger partial charge >= 0.3 is 5.97 Å². The van der Waals surface area contributed by atoms with Gasteiger partial charge in [-0.2, -0.15) is 0 Å². The Hall–Kier alpha value is -2.82. The fraction of sp³-hybridized carbons (Fsp3) is 0.300. The zero-order valence-corrected chi connectivity index (χ0v) is 13.8. The van der Waals surface area contributed by atoms with Gasteiger partial charge in [0, 0.05) is 5.56 Å². The van der Waals surface area contributed by atoms with Gasteiger partial charge in [-0.15, -0.1) is 0 Å². The number of para-hydroxylation sites is 1. The number of nitrogens with one attached hydrogen (secondary N) is 1. The van der Waals surface area contributed by atoms with Crippen LogP contribution in [0.25, 0.3) is 11.3 Å². The summed E-state index contributed by atoms with van der Waals surface area (Å²) in [4.78, 5) is 24.5. The molecule has 1 aromatic carbocycles. The Kier molecular flexibility index (Phi) is 3.71. The Bertz CT molecular complexity index is 866. The van der Waals surface area contributed by atoms with Crippen molar-refractivity contribution < 1.29 is 19.1 Å². The molecule has 1 heterocycles. The van der Waals surface area contributed by atoms with Crippen LogP contribution in [0.2, 0.25) is 0 Å². The lowest BCUT2D eigenvalue weighted by Crippen LogP contribution is -2.36. The monoisotopic (exact) mass is 337 g/mol. The van der Waals surface area contributed by atoms with Gasteiger partial charge in [0.25, 0.3) is 0 Å². The molecular formula is C20H19NO4. The van der Waals surface area contributed by atoms with Crippen LogP contribution < -0.4 is 5.32 Å². The smallest absolute Gasteiger partial charge is 0.307 e. The molecule has 4 atom stereocenters. The molecule has 5 nitrogen and oxygen atoms in total. The highest BCUT2D eigenvalue weighted by Gasteiger charge is 2.51. The molecule has 0 radical (unpaired) electrons. The van der Waals surface area contributed by atoms with Crippen molar-refractivity contribution in [2.45, 2.75) is 13.3 Å². The summed E-state index contributed by atoms with van der Waals surface area (Å²) >= 11 is 0. The van der Waals surface area contributed by atoms with Crippen molar-refractivity contribution in [3.05, 3.63) is 54.3 Å². The Labute approximate surface area is 145 Å². The standard InChI is InChI=1S/C20H19NO4/c1-11-6-9-16(25-11)14-4-2-3-5-15(14)21-19(22)17-12-7-8-13(10-12)18(17)20(23)24/h2-9,12-13,17-18H,10H2,1H3,(H,21,22)(H,23,24)/t12-,13+,17-,18-/m0/s1. The van der Waals surface area contributed by atoms with E-state index in [0.29, 0.717) is 11.4 Å². The Morgan fingerprint density at radius 1 is 1.08 bits per heavy atom. The molecule has 2 aliphatic carbocycles. The molecule has 2 bridgehead atoms. The van der Waals surface area contributed by atoms with Gasteiger partial charge in [-0.3, -0.25) is 9.59 Å². The number of aryl methyl sites for hydroxylation is 1. The molecule has 0 spiro atoms. The minimum absolute atomic E-state index is 0.00381. The fourth-order valence-electron chi connectivity index (χ4n) is 4.12. The number of anilines is 1. The number of rotatable bonds is 4. The first-order valence-corrected chi connectivity index (χ1v) is 8.42. The lowest BCUT2D eigenvalue weighted by Gasteiger charge is -2.24. The van der Waals surface area contributed by atoms with Crippen molar-refractivity contribution in [1.82, 2.24) is 0 Å². The van der Waals surface area contributed by atoms with E-state index in [1.165, 1.54) is 0 Å². The number of carboxylic acids is 1. The maximum absolute atomic E-state index is 12.9. The van der Waals surface area contributed by atoms with Gasteiger partial charge < -0.3 is 14.8 Å². The highest BCUT2D eigenvalue weighted by molar-refractivity contribution is 5.99. The van der Waals surface area contributed by atoms with Gasteiger partial charge in [0.05, 0.1) is 17.5 Å². The second-order valence-corrected chi connectivity index (χ2v) is 6.78. The minimum atomic E-state index is -0.896. The fourth-order valence-corrected chi connectivity index (χ4v) is 4.12. The van der Waals surface area contributed by atoms with E-state index >= 15 is 0 Å². The SMILES string of the molecule is Cc1ccc(-c2ccccc2NC(=O)[C@@H]2[C@@H](C(=O)O)[C@@H]3C=C[C@H]2C3)o1. The number of carboxylic acid groups (broad SMARTS) is 1. The van der Waals surface area contributed by atoms with Crippen LogP contribution >= 0.6 is 0 Å². The number of hydrogen-bond acceptors (Lipinski definition) is 3. The Balaban J connectivity index is 1.62. The van der Waals surface area contributed by atoms with Gasteiger partial charge in [-0.1, -0.05) is 24.3 Å². The summed E-state index contributed by atoms with van der Waals surface area (Å²) in [6, 6.07) is 11.1. The summed E-state index contributed by atoms with van der Waals surface area (Å²) < 4.78 is 5.67. The zero-order valence-electron chi connectivity index (χ0n) is 13.8. The molecule has 1 saturated carbocycles. The molecule has 2 aromatic rings. The summed E-state index contributed by atoms with van der Waals surface area (Å²) in [5.41, 5.74) is 1.42.